The number of amides is 1. The predicted molar refractivity (Wildman–Crippen MR) is 92.3 cm³/mol. The SMILES string of the molecule is C[C@@H]1CC(=O)N(CC(=O)c2ccc(Cl)cc2)c2ccccc2N1. The molecule has 1 N–H and O–H groups in total. The molecule has 1 aliphatic rings. The van der Waals surface area contributed by atoms with Crippen LogP contribution in [0.5, 0.6) is 0 Å². The highest BCUT2D eigenvalue weighted by Gasteiger charge is 2.27. The van der Waals surface area contributed by atoms with Crippen LogP contribution < -0.4 is 10.2 Å². The van der Waals surface area contributed by atoms with Crippen molar-refractivity contribution in [3.8, 4) is 0 Å². The van der Waals surface area contributed by atoms with Crippen LogP contribution in [0, 0.1) is 0 Å². The molecule has 0 fully saturated rings. The summed E-state index contributed by atoms with van der Waals surface area (Å²) in [5.41, 5.74) is 2.16. The summed E-state index contributed by atoms with van der Waals surface area (Å²) in [6.07, 6.45) is 0.350. The van der Waals surface area contributed by atoms with E-state index in [0.717, 1.165) is 11.4 Å². The molecule has 0 saturated carbocycles. The first-order valence-corrected chi connectivity index (χ1v) is 7.87. The minimum Gasteiger partial charge on any atom is -0.380 e. The average molecular weight is 329 g/mol. The van der Waals surface area contributed by atoms with Gasteiger partial charge in [0.1, 0.15) is 0 Å². The van der Waals surface area contributed by atoms with Crippen LogP contribution in [0.4, 0.5) is 11.4 Å². The summed E-state index contributed by atoms with van der Waals surface area (Å²) < 4.78 is 0. The second kappa shape index (κ2) is 6.42. The number of nitrogens with one attached hydrogen (secondary N) is 1. The first kappa shape index (κ1) is 15.6. The molecule has 2 aromatic carbocycles. The molecule has 2 aromatic rings. The minimum absolute atomic E-state index is 0.0197. The first-order chi connectivity index (χ1) is 11.0. The maximum absolute atomic E-state index is 12.5. The molecule has 0 spiro atoms. The molecule has 1 aliphatic heterocycles. The van der Waals surface area contributed by atoms with Crippen molar-refractivity contribution in [3.05, 3.63) is 59.1 Å². The molecule has 0 radical (unpaired) electrons. The van der Waals surface area contributed by atoms with Gasteiger partial charge in [0.15, 0.2) is 5.78 Å². The summed E-state index contributed by atoms with van der Waals surface area (Å²) in [6, 6.07) is 14.3. The van der Waals surface area contributed by atoms with Crippen molar-refractivity contribution in [3.63, 3.8) is 0 Å². The standard InChI is InChI=1S/C18H17ClN2O2/c1-12-10-18(23)21(16-5-3-2-4-15(16)20-12)11-17(22)13-6-8-14(19)9-7-13/h2-9,12,20H,10-11H2,1H3/t12-/m1/s1. The lowest BCUT2D eigenvalue weighted by molar-refractivity contribution is -0.118. The third kappa shape index (κ3) is 3.37. The fourth-order valence-corrected chi connectivity index (χ4v) is 2.82. The predicted octanol–water partition coefficient (Wildman–Crippen LogP) is 3.76. The molecule has 118 valence electrons. The highest BCUT2D eigenvalue weighted by molar-refractivity contribution is 6.30. The molecule has 3 rings (SSSR count). The third-order valence-electron chi connectivity index (χ3n) is 3.85. The van der Waals surface area contributed by atoms with Crippen LogP contribution in [0.3, 0.4) is 0 Å². The molecule has 0 bridgehead atoms. The molecule has 4 nitrogen and oxygen atoms in total. The number of Topliss-reactive ketones (excluding diaryl/α,β-unsaturated/α-hetero) is 1. The number of carbonyl (C=O) groups excluding carboxylic acids is 2. The van der Waals surface area contributed by atoms with E-state index in [1.165, 1.54) is 0 Å². The van der Waals surface area contributed by atoms with Gasteiger partial charge in [0.05, 0.1) is 17.9 Å². The van der Waals surface area contributed by atoms with E-state index in [-0.39, 0.29) is 24.3 Å². The van der Waals surface area contributed by atoms with Gasteiger partial charge in [-0.25, -0.2) is 0 Å². The van der Waals surface area contributed by atoms with Crippen molar-refractivity contribution >= 4 is 34.7 Å². The summed E-state index contributed by atoms with van der Waals surface area (Å²) in [5, 5.41) is 3.89. The van der Waals surface area contributed by atoms with Gasteiger partial charge in [-0.15, -0.1) is 0 Å². The van der Waals surface area contributed by atoms with Crippen molar-refractivity contribution in [2.45, 2.75) is 19.4 Å². The lowest BCUT2D eigenvalue weighted by atomic mass is 10.1. The van der Waals surface area contributed by atoms with E-state index in [4.69, 9.17) is 11.6 Å². The van der Waals surface area contributed by atoms with Crippen molar-refractivity contribution in [1.29, 1.82) is 0 Å². The topological polar surface area (TPSA) is 49.4 Å². The largest absolute Gasteiger partial charge is 0.380 e. The Hall–Kier alpha value is -2.33. The Morgan fingerprint density at radius 2 is 1.91 bits per heavy atom. The van der Waals surface area contributed by atoms with E-state index >= 15 is 0 Å². The maximum atomic E-state index is 12.5. The third-order valence-corrected chi connectivity index (χ3v) is 4.10. The molecule has 0 unspecified atom stereocenters. The second-order valence-electron chi connectivity index (χ2n) is 5.68. The van der Waals surface area contributed by atoms with Gasteiger partial charge in [-0.1, -0.05) is 23.7 Å². The van der Waals surface area contributed by atoms with Crippen molar-refractivity contribution in [2.75, 3.05) is 16.8 Å². The number of ketones is 1. The smallest absolute Gasteiger partial charge is 0.229 e. The van der Waals surface area contributed by atoms with E-state index in [1.54, 1.807) is 29.2 Å². The van der Waals surface area contributed by atoms with Crippen LogP contribution in [-0.4, -0.2) is 24.3 Å². The summed E-state index contributed by atoms with van der Waals surface area (Å²) in [5.74, 6) is -0.170. The Balaban J connectivity index is 1.90. The molecule has 1 heterocycles. The maximum Gasteiger partial charge on any atom is 0.229 e. The lowest BCUT2D eigenvalue weighted by Crippen LogP contribution is -2.36. The number of hydrogen-bond acceptors (Lipinski definition) is 3. The zero-order valence-corrected chi connectivity index (χ0v) is 13.5. The summed E-state index contributed by atoms with van der Waals surface area (Å²) in [4.78, 5) is 26.6. The van der Waals surface area contributed by atoms with Crippen LogP contribution >= 0.6 is 11.6 Å². The van der Waals surface area contributed by atoms with Gasteiger partial charge >= 0.3 is 0 Å². The number of fused-ring (bicyclic) bond motifs is 1. The Kier molecular flexibility index (Phi) is 4.35. The number of hydrogen-bond donors (Lipinski definition) is 1. The number of halogens is 1. The van der Waals surface area contributed by atoms with Gasteiger partial charge in [-0.2, -0.15) is 0 Å². The van der Waals surface area contributed by atoms with Gasteiger partial charge in [-0.3, -0.25) is 9.59 Å². The van der Waals surface area contributed by atoms with Crippen molar-refractivity contribution < 1.29 is 9.59 Å². The van der Waals surface area contributed by atoms with Crippen LogP contribution in [-0.2, 0) is 4.79 Å². The number of carbonyl (C=O) groups is 2. The molecular formula is C18H17ClN2O2. The monoisotopic (exact) mass is 328 g/mol. The Morgan fingerprint density at radius 3 is 2.65 bits per heavy atom. The Labute approximate surface area is 140 Å². The summed E-state index contributed by atoms with van der Waals surface area (Å²) >= 11 is 5.85. The molecule has 1 amide bonds. The van der Waals surface area contributed by atoms with E-state index in [2.05, 4.69) is 5.32 Å². The fraction of sp³-hybridized carbons (Fsp3) is 0.222. The summed E-state index contributed by atoms with van der Waals surface area (Å²) in [6.45, 7) is 1.98. The number of nitrogens with zero attached hydrogens (tertiary/aromatic N) is 1. The number of rotatable bonds is 3. The molecule has 0 aromatic heterocycles. The van der Waals surface area contributed by atoms with Gasteiger partial charge in [-0.05, 0) is 43.3 Å². The molecule has 0 aliphatic carbocycles. The van der Waals surface area contributed by atoms with Crippen LogP contribution in [0.15, 0.2) is 48.5 Å². The highest BCUT2D eigenvalue weighted by atomic mass is 35.5. The highest BCUT2D eigenvalue weighted by Crippen LogP contribution is 2.30. The van der Waals surface area contributed by atoms with Gasteiger partial charge in [0, 0.05) is 23.0 Å². The number of para-hydroxylation sites is 2. The van der Waals surface area contributed by atoms with E-state index in [0.29, 0.717) is 17.0 Å². The number of anilines is 2. The average Bonchev–Trinajstić information content (AvgIpc) is 2.64. The minimum atomic E-state index is -0.112. The Morgan fingerprint density at radius 1 is 1.22 bits per heavy atom. The zero-order chi connectivity index (χ0) is 16.4. The van der Waals surface area contributed by atoms with E-state index in [1.807, 2.05) is 31.2 Å². The summed E-state index contributed by atoms with van der Waals surface area (Å²) in [7, 11) is 0. The second-order valence-corrected chi connectivity index (χ2v) is 6.11. The molecular weight excluding hydrogens is 312 g/mol. The molecule has 1 atom stereocenters. The van der Waals surface area contributed by atoms with Gasteiger partial charge in [0.25, 0.3) is 0 Å². The van der Waals surface area contributed by atoms with Crippen LogP contribution in [0.2, 0.25) is 5.02 Å². The molecule has 23 heavy (non-hydrogen) atoms. The van der Waals surface area contributed by atoms with Crippen LogP contribution in [0.25, 0.3) is 0 Å². The first-order valence-electron chi connectivity index (χ1n) is 7.49. The molecule has 0 saturated heterocycles. The number of benzene rings is 2. The van der Waals surface area contributed by atoms with E-state index < -0.39 is 0 Å². The fourth-order valence-electron chi connectivity index (χ4n) is 2.70. The quantitative estimate of drug-likeness (QED) is 0.873. The van der Waals surface area contributed by atoms with Crippen molar-refractivity contribution in [1.82, 2.24) is 0 Å². The molecule has 5 heteroatoms. The lowest BCUT2D eigenvalue weighted by Gasteiger charge is -2.21. The van der Waals surface area contributed by atoms with Gasteiger partial charge < -0.3 is 10.2 Å². The van der Waals surface area contributed by atoms with Gasteiger partial charge in [0.2, 0.25) is 5.91 Å². The van der Waals surface area contributed by atoms with Crippen LogP contribution in [0.1, 0.15) is 23.7 Å². The van der Waals surface area contributed by atoms with E-state index in [9.17, 15) is 9.59 Å². The normalized spacial score (nSPS) is 17.2. The Bertz CT molecular complexity index is 743. The zero-order valence-electron chi connectivity index (χ0n) is 12.8. The van der Waals surface area contributed by atoms with Crippen molar-refractivity contribution in [2.24, 2.45) is 0 Å².